The summed E-state index contributed by atoms with van der Waals surface area (Å²) in [7, 11) is 1.62. The number of ether oxygens (including phenoxy) is 1. The summed E-state index contributed by atoms with van der Waals surface area (Å²) in [5.41, 5.74) is 0.963. The van der Waals surface area contributed by atoms with Gasteiger partial charge in [-0.15, -0.1) is 0 Å². The van der Waals surface area contributed by atoms with Crippen molar-refractivity contribution in [1.29, 1.82) is 0 Å². The third kappa shape index (κ3) is 3.19. The van der Waals surface area contributed by atoms with Crippen molar-refractivity contribution >= 4 is 15.9 Å². The van der Waals surface area contributed by atoms with Crippen LogP contribution < -0.4 is 10.1 Å². The average molecular weight is 302 g/mol. The molecule has 2 unspecified atom stereocenters. The van der Waals surface area contributed by atoms with E-state index in [-0.39, 0.29) is 6.04 Å². The Labute approximate surface area is 110 Å². The van der Waals surface area contributed by atoms with E-state index in [0.717, 1.165) is 35.2 Å². The van der Waals surface area contributed by atoms with Crippen LogP contribution in [-0.4, -0.2) is 25.9 Å². The van der Waals surface area contributed by atoms with Crippen LogP contribution in [-0.2, 0) is 6.42 Å². The van der Waals surface area contributed by atoms with Crippen LogP contribution >= 0.6 is 15.9 Å². The molecule has 1 aromatic carbocycles. The molecule has 0 aliphatic carbocycles. The fourth-order valence-corrected chi connectivity index (χ4v) is 2.62. The van der Waals surface area contributed by atoms with Gasteiger partial charge in [-0.1, -0.05) is 15.9 Å². The van der Waals surface area contributed by atoms with Gasteiger partial charge in [-0.05, 0) is 43.1 Å². The SMILES string of the molecule is COc1ccc(Br)c(CC(F)C2CCCN2)c1. The van der Waals surface area contributed by atoms with E-state index in [0.29, 0.717) is 6.42 Å². The quantitative estimate of drug-likeness (QED) is 0.923. The molecule has 1 heterocycles. The van der Waals surface area contributed by atoms with Crippen LogP contribution in [0.4, 0.5) is 4.39 Å². The lowest BCUT2D eigenvalue weighted by Crippen LogP contribution is -2.33. The van der Waals surface area contributed by atoms with Crippen molar-refractivity contribution in [2.75, 3.05) is 13.7 Å². The minimum absolute atomic E-state index is 0.00750. The molecule has 0 saturated carbocycles. The largest absolute Gasteiger partial charge is 0.497 e. The number of methoxy groups -OCH3 is 1. The summed E-state index contributed by atoms with van der Waals surface area (Å²) >= 11 is 3.45. The first-order valence-corrected chi connectivity index (χ1v) is 6.70. The van der Waals surface area contributed by atoms with Gasteiger partial charge < -0.3 is 10.1 Å². The molecule has 0 radical (unpaired) electrons. The highest BCUT2D eigenvalue weighted by atomic mass is 79.9. The standard InChI is InChI=1S/C13H17BrFNO/c1-17-10-4-5-11(14)9(7-10)8-12(15)13-3-2-6-16-13/h4-5,7,12-13,16H,2-3,6,8H2,1H3. The third-order valence-corrected chi connectivity index (χ3v) is 3.98. The minimum atomic E-state index is -0.832. The summed E-state index contributed by atoms with van der Waals surface area (Å²) in [6.07, 6.45) is 1.60. The van der Waals surface area contributed by atoms with Crippen LogP contribution in [0.3, 0.4) is 0 Å². The van der Waals surface area contributed by atoms with Crippen LogP contribution in [0.2, 0.25) is 0 Å². The zero-order valence-electron chi connectivity index (χ0n) is 9.88. The fraction of sp³-hybridized carbons (Fsp3) is 0.538. The molecular weight excluding hydrogens is 285 g/mol. The van der Waals surface area contributed by atoms with Crippen molar-refractivity contribution in [2.45, 2.75) is 31.5 Å². The van der Waals surface area contributed by atoms with Crippen molar-refractivity contribution < 1.29 is 9.13 Å². The van der Waals surface area contributed by atoms with E-state index in [1.165, 1.54) is 0 Å². The Morgan fingerprint density at radius 3 is 3.06 bits per heavy atom. The molecule has 4 heteroatoms. The Bertz CT molecular complexity index is 380. The number of nitrogens with one attached hydrogen (secondary N) is 1. The zero-order chi connectivity index (χ0) is 12.3. The van der Waals surface area contributed by atoms with Gasteiger partial charge in [-0.25, -0.2) is 4.39 Å². The number of benzene rings is 1. The van der Waals surface area contributed by atoms with E-state index in [1.807, 2.05) is 18.2 Å². The molecule has 1 N–H and O–H groups in total. The second-order valence-electron chi connectivity index (χ2n) is 4.38. The van der Waals surface area contributed by atoms with Gasteiger partial charge in [0.2, 0.25) is 0 Å². The van der Waals surface area contributed by atoms with Crippen molar-refractivity contribution in [3.8, 4) is 5.75 Å². The highest BCUT2D eigenvalue weighted by molar-refractivity contribution is 9.10. The molecule has 1 fully saturated rings. The number of halogens is 2. The Morgan fingerprint density at radius 1 is 1.59 bits per heavy atom. The topological polar surface area (TPSA) is 21.3 Å². The van der Waals surface area contributed by atoms with Gasteiger partial charge in [-0.2, -0.15) is 0 Å². The normalized spacial score (nSPS) is 21.5. The van der Waals surface area contributed by atoms with Crippen LogP contribution in [0.25, 0.3) is 0 Å². The first-order chi connectivity index (χ1) is 8.20. The molecular formula is C13H17BrFNO. The van der Waals surface area contributed by atoms with E-state index in [1.54, 1.807) is 7.11 Å². The number of hydrogen-bond acceptors (Lipinski definition) is 2. The van der Waals surface area contributed by atoms with Gasteiger partial charge in [0.05, 0.1) is 7.11 Å². The van der Waals surface area contributed by atoms with Crippen molar-refractivity contribution in [3.05, 3.63) is 28.2 Å². The van der Waals surface area contributed by atoms with Gasteiger partial charge in [-0.3, -0.25) is 0 Å². The molecule has 1 saturated heterocycles. The second kappa shape index (κ2) is 5.83. The van der Waals surface area contributed by atoms with Crippen LogP contribution in [0.15, 0.2) is 22.7 Å². The molecule has 0 bridgehead atoms. The van der Waals surface area contributed by atoms with Gasteiger partial charge in [0, 0.05) is 16.9 Å². The van der Waals surface area contributed by atoms with Crippen LogP contribution in [0.1, 0.15) is 18.4 Å². The Balaban J connectivity index is 2.06. The molecule has 17 heavy (non-hydrogen) atoms. The van der Waals surface area contributed by atoms with Crippen molar-refractivity contribution in [3.63, 3.8) is 0 Å². The smallest absolute Gasteiger partial charge is 0.119 e. The molecule has 1 aliphatic rings. The molecule has 0 spiro atoms. The van der Waals surface area contributed by atoms with E-state index >= 15 is 0 Å². The van der Waals surface area contributed by atoms with Gasteiger partial charge in [0.1, 0.15) is 11.9 Å². The first-order valence-electron chi connectivity index (χ1n) is 5.90. The van der Waals surface area contributed by atoms with Gasteiger partial charge in [0.25, 0.3) is 0 Å². The van der Waals surface area contributed by atoms with Gasteiger partial charge in [0.15, 0.2) is 0 Å². The van der Waals surface area contributed by atoms with E-state index in [2.05, 4.69) is 21.2 Å². The fourth-order valence-electron chi connectivity index (χ4n) is 2.21. The Hall–Kier alpha value is -0.610. The summed E-state index contributed by atoms with van der Waals surface area (Å²) < 4.78 is 20.2. The van der Waals surface area contributed by atoms with Crippen LogP contribution in [0, 0.1) is 0 Å². The summed E-state index contributed by atoms with van der Waals surface area (Å²) in [5.74, 6) is 0.773. The van der Waals surface area contributed by atoms with E-state index < -0.39 is 6.17 Å². The van der Waals surface area contributed by atoms with E-state index in [9.17, 15) is 4.39 Å². The molecule has 1 aliphatic heterocycles. The molecule has 2 rings (SSSR count). The maximum Gasteiger partial charge on any atom is 0.119 e. The molecule has 0 aromatic heterocycles. The molecule has 2 atom stereocenters. The monoisotopic (exact) mass is 301 g/mol. The summed E-state index contributed by atoms with van der Waals surface area (Å²) in [5, 5.41) is 3.20. The van der Waals surface area contributed by atoms with Crippen molar-refractivity contribution in [1.82, 2.24) is 5.32 Å². The lowest BCUT2D eigenvalue weighted by atomic mass is 10.0. The van der Waals surface area contributed by atoms with Crippen LogP contribution in [0.5, 0.6) is 5.75 Å². The summed E-state index contributed by atoms with van der Waals surface area (Å²) in [4.78, 5) is 0. The lowest BCUT2D eigenvalue weighted by Gasteiger charge is -2.17. The lowest BCUT2D eigenvalue weighted by molar-refractivity contribution is 0.263. The molecule has 94 valence electrons. The zero-order valence-corrected chi connectivity index (χ0v) is 11.5. The Kier molecular flexibility index (Phi) is 4.40. The molecule has 2 nitrogen and oxygen atoms in total. The molecule has 1 aromatic rings. The predicted molar refractivity (Wildman–Crippen MR) is 70.3 cm³/mol. The average Bonchev–Trinajstić information content (AvgIpc) is 2.85. The van der Waals surface area contributed by atoms with E-state index in [4.69, 9.17) is 4.74 Å². The predicted octanol–water partition coefficient (Wildman–Crippen LogP) is 3.09. The number of hydrogen-bond donors (Lipinski definition) is 1. The number of rotatable bonds is 4. The second-order valence-corrected chi connectivity index (χ2v) is 5.23. The van der Waals surface area contributed by atoms with Crippen molar-refractivity contribution in [2.24, 2.45) is 0 Å². The minimum Gasteiger partial charge on any atom is -0.497 e. The third-order valence-electron chi connectivity index (χ3n) is 3.20. The first kappa shape index (κ1) is 12.8. The number of alkyl halides is 1. The maximum atomic E-state index is 14.1. The highest BCUT2D eigenvalue weighted by Crippen LogP contribution is 2.26. The molecule has 0 amide bonds. The van der Waals surface area contributed by atoms with Gasteiger partial charge >= 0.3 is 0 Å². The maximum absolute atomic E-state index is 14.1. The summed E-state index contributed by atoms with van der Waals surface area (Å²) in [6.45, 7) is 0.935. The Morgan fingerprint density at radius 2 is 2.41 bits per heavy atom. The highest BCUT2D eigenvalue weighted by Gasteiger charge is 2.24. The summed E-state index contributed by atoms with van der Waals surface area (Å²) in [6, 6.07) is 5.68.